The van der Waals surface area contributed by atoms with Gasteiger partial charge in [-0.2, -0.15) is 0 Å². The summed E-state index contributed by atoms with van der Waals surface area (Å²) in [5, 5.41) is 13.6. The van der Waals surface area contributed by atoms with Gasteiger partial charge in [0.15, 0.2) is 0 Å². The average molecular weight is 718 g/mol. The number of alkyl carbamates (subject to hydrolysis) is 2. The van der Waals surface area contributed by atoms with Gasteiger partial charge in [-0.15, -0.1) is 0 Å². The lowest BCUT2D eigenvalue weighted by Crippen LogP contribution is -2.55. The fourth-order valence-corrected chi connectivity index (χ4v) is 5.23. The zero-order chi connectivity index (χ0) is 37.6. The molecule has 0 radical (unpaired) electrons. The number of benzene rings is 2. The third-order valence-corrected chi connectivity index (χ3v) is 8.14. The number of nitrogens with one attached hydrogen (secondary N) is 5. The Balaban J connectivity index is 1.40. The molecule has 3 rings (SSSR count). The van der Waals surface area contributed by atoms with E-state index in [0.29, 0.717) is 45.2 Å². The Morgan fingerprint density at radius 2 is 1.37 bits per heavy atom. The van der Waals surface area contributed by atoms with Crippen molar-refractivity contribution in [2.45, 2.75) is 76.3 Å². The van der Waals surface area contributed by atoms with Crippen LogP contribution in [0, 0.1) is 5.92 Å². The van der Waals surface area contributed by atoms with Crippen LogP contribution >= 0.6 is 0 Å². The van der Waals surface area contributed by atoms with Crippen LogP contribution in [0.4, 0.5) is 9.59 Å². The van der Waals surface area contributed by atoms with E-state index in [1.165, 1.54) is 0 Å². The molecule has 1 aliphatic rings. The van der Waals surface area contributed by atoms with Crippen molar-refractivity contribution in [3.63, 3.8) is 0 Å². The molecule has 0 aliphatic heterocycles. The van der Waals surface area contributed by atoms with Gasteiger partial charge >= 0.3 is 12.2 Å². The zero-order valence-electron chi connectivity index (χ0n) is 29.4. The number of allylic oxidation sites excluding steroid dienone is 4. The monoisotopic (exact) mass is 717 g/mol. The van der Waals surface area contributed by atoms with E-state index < -0.39 is 48.0 Å². The summed E-state index contributed by atoms with van der Waals surface area (Å²) in [4.78, 5) is 62.9. The quantitative estimate of drug-likeness (QED) is 0.0890. The largest absolute Gasteiger partial charge is 0.445 e. The number of carbonyl (C=O) groups is 5. The summed E-state index contributed by atoms with van der Waals surface area (Å²) < 4.78 is 10.4. The number of primary amides is 1. The number of nitrogens with two attached hydrogens (primary N) is 2. The van der Waals surface area contributed by atoms with Crippen molar-refractivity contribution >= 4 is 29.9 Å². The molecule has 0 aromatic heterocycles. The number of ether oxygens (including phenoxy) is 2. The van der Waals surface area contributed by atoms with Crippen LogP contribution in [0.2, 0.25) is 0 Å². The van der Waals surface area contributed by atoms with E-state index in [0.717, 1.165) is 11.1 Å². The molecule has 280 valence electrons. The number of hydrogen-bond acceptors (Lipinski definition) is 9. The maximum Gasteiger partial charge on any atom is 0.413 e. The average Bonchev–Trinajstić information content (AvgIpc) is 3.15. The molecule has 1 aliphatic carbocycles. The lowest BCUT2D eigenvalue weighted by Gasteiger charge is -2.26. The van der Waals surface area contributed by atoms with E-state index in [2.05, 4.69) is 33.2 Å². The molecule has 0 bridgehead atoms. The van der Waals surface area contributed by atoms with Crippen LogP contribution in [0.1, 0.15) is 56.1 Å². The van der Waals surface area contributed by atoms with Gasteiger partial charge in [0.25, 0.3) is 0 Å². The van der Waals surface area contributed by atoms with Crippen LogP contribution in [-0.2, 0) is 37.1 Å². The first kappa shape index (κ1) is 40.8. The maximum atomic E-state index is 13.5. The molecule has 9 N–H and O–H groups in total. The van der Waals surface area contributed by atoms with Crippen LogP contribution in [0.5, 0.6) is 0 Å². The standard InChI is InChI=1S/C38H51N7O7/c1-27(43-38(50)52-26-30-18-9-4-10-19-30)41-23-13-20-31(39)35(47)45-33(24-28-14-5-2-6-15-28)36(48)44-32(34(40)46)21-11-12-22-42-37(49)51-25-29-16-7-3-8-17-29/h2-10,14,16-19,28,31-33,41H,1,11-13,15,20-26,39H2,(H2,40,46)(H,42,49)(H,43,50)(H,44,48)(H,45,47)/t28?,31-,32+,33+/m1/s1. The smallest absolute Gasteiger partial charge is 0.413 e. The minimum Gasteiger partial charge on any atom is -0.445 e. The Morgan fingerprint density at radius 3 is 1.98 bits per heavy atom. The first-order valence-corrected chi connectivity index (χ1v) is 17.4. The minimum absolute atomic E-state index is 0.0147. The highest BCUT2D eigenvalue weighted by Gasteiger charge is 2.29. The Labute approximate surface area is 304 Å². The predicted octanol–water partition coefficient (Wildman–Crippen LogP) is 3.16. The number of hydrogen-bond donors (Lipinski definition) is 7. The van der Waals surface area contributed by atoms with Gasteiger partial charge in [-0.1, -0.05) is 91.5 Å². The molecule has 14 heteroatoms. The third-order valence-electron chi connectivity index (χ3n) is 8.14. The molecule has 0 heterocycles. The molecule has 0 spiro atoms. The number of rotatable bonds is 22. The minimum atomic E-state index is -0.976. The summed E-state index contributed by atoms with van der Waals surface area (Å²) in [6, 6.07) is 15.7. The van der Waals surface area contributed by atoms with E-state index in [1.807, 2.05) is 85.0 Å². The number of carbonyl (C=O) groups excluding carboxylic acids is 5. The van der Waals surface area contributed by atoms with E-state index in [9.17, 15) is 24.0 Å². The second-order valence-corrected chi connectivity index (χ2v) is 12.4. The molecular weight excluding hydrogens is 666 g/mol. The first-order chi connectivity index (χ1) is 25.1. The van der Waals surface area contributed by atoms with E-state index in [4.69, 9.17) is 20.9 Å². The van der Waals surface area contributed by atoms with Gasteiger partial charge in [-0.3, -0.25) is 19.7 Å². The normalized spacial score (nSPS) is 14.9. The van der Waals surface area contributed by atoms with Crippen LogP contribution < -0.4 is 38.1 Å². The van der Waals surface area contributed by atoms with Gasteiger partial charge in [-0.25, -0.2) is 9.59 Å². The van der Waals surface area contributed by atoms with Gasteiger partial charge in [0, 0.05) is 13.1 Å². The topological polar surface area (TPSA) is 216 Å². The highest BCUT2D eigenvalue weighted by atomic mass is 16.6. The Morgan fingerprint density at radius 1 is 0.750 bits per heavy atom. The molecule has 4 atom stereocenters. The fraction of sp³-hybridized carbons (Fsp3) is 0.395. The second kappa shape index (κ2) is 23.0. The van der Waals surface area contributed by atoms with Gasteiger partial charge in [0.1, 0.15) is 31.1 Å². The van der Waals surface area contributed by atoms with Gasteiger partial charge < -0.3 is 42.2 Å². The van der Waals surface area contributed by atoms with Crippen LogP contribution in [0.25, 0.3) is 0 Å². The summed E-state index contributed by atoms with van der Waals surface area (Å²) in [7, 11) is 0. The second-order valence-electron chi connectivity index (χ2n) is 12.4. The van der Waals surface area contributed by atoms with Gasteiger partial charge in [0.2, 0.25) is 17.7 Å². The molecule has 2 aromatic carbocycles. The van der Waals surface area contributed by atoms with Crippen molar-refractivity contribution in [1.29, 1.82) is 0 Å². The Hall–Kier alpha value is -5.63. The SMILES string of the molecule is C=C(NCCC[C@@H](N)C(=O)N[C@@H](CC1C=CC=CC1)C(=O)N[C@@H](CCCCNC(=O)OCc1ccccc1)C(N)=O)NC(=O)OCc1ccccc1. The van der Waals surface area contributed by atoms with Crippen LogP contribution in [0.15, 0.2) is 97.4 Å². The van der Waals surface area contributed by atoms with E-state index >= 15 is 0 Å². The number of unbranched alkanes of at least 4 members (excludes halogenated alkanes) is 1. The lowest BCUT2D eigenvalue weighted by atomic mass is 9.92. The Bertz CT molecular complexity index is 1520. The third kappa shape index (κ3) is 16.4. The first-order valence-electron chi connectivity index (χ1n) is 17.4. The fourth-order valence-electron chi connectivity index (χ4n) is 5.23. The highest BCUT2D eigenvalue weighted by molar-refractivity contribution is 5.92. The molecule has 14 nitrogen and oxygen atoms in total. The molecule has 2 aromatic rings. The zero-order valence-corrected chi connectivity index (χ0v) is 29.4. The van der Waals surface area contributed by atoms with Gasteiger partial charge in [-0.05, 0) is 62.0 Å². The van der Waals surface area contributed by atoms with Crippen LogP contribution in [-0.4, -0.2) is 61.1 Å². The van der Waals surface area contributed by atoms with Crippen LogP contribution in [0.3, 0.4) is 0 Å². The molecule has 5 amide bonds. The van der Waals surface area contributed by atoms with Crippen molar-refractivity contribution in [2.24, 2.45) is 17.4 Å². The summed E-state index contributed by atoms with van der Waals surface area (Å²) >= 11 is 0. The molecule has 0 saturated heterocycles. The summed E-state index contributed by atoms with van der Waals surface area (Å²) in [6.07, 6.45) is 9.48. The van der Waals surface area contributed by atoms with E-state index in [-0.39, 0.29) is 37.8 Å². The maximum absolute atomic E-state index is 13.5. The van der Waals surface area contributed by atoms with Crippen molar-refractivity contribution in [1.82, 2.24) is 26.6 Å². The van der Waals surface area contributed by atoms with Crippen molar-refractivity contribution < 1.29 is 33.4 Å². The summed E-state index contributed by atoms with van der Waals surface area (Å²) in [5.74, 6) is -1.54. The molecule has 0 fully saturated rings. The van der Waals surface area contributed by atoms with Gasteiger partial charge in [0.05, 0.1) is 6.04 Å². The van der Waals surface area contributed by atoms with Crippen molar-refractivity contribution in [3.05, 3.63) is 108 Å². The highest BCUT2D eigenvalue weighted by Crippen LogP contribution is 2.18. The predicted molar refractivity (Wildman–Crippen MR) is 197 cm³/mol. The molecule has 1 unspecified atom stereocenters. The molecule has 0 saturated carbocycles. The molecular formula is C38H51N7O7. The van der Waals surface area contributed by atoms with Crippen molar-refractivity contribution in [2.75, 3.05) is 13.1 Å². The molecule has 52 heavy (non-hydrogen) atoms. The van der Waals surface area contributed by atoms with Crippen molar-refractivity contribution in [3.8, 4) is 0 Å². The summed E-state index contributed by atoms with van der Waals surface area (Å²) in [5.41, 5.74) is 13.5. The van der Waals surface area contributed by atoms with E-state index in [1.54, 1.807) is 0 Å². The Kier molecular flexibility index (Phi) is 18.0. The number of amides is 5. The lowest BCUT2D eigenvalue weighted by molar-refractivity contribution is -0.132. The summed E-state index contributed by atoms with van der Waals surface area (Å²) in [6.45, 7) is 4.71.